The molecule has 0 radical (unpaired) electrons. The van der Waals surface area contributed by atoms with Crippen LogP contribution in [-0.2, 0) is 22.6 Å². The smallest absolute Gasteiger partial charge is 0.416 e. The minimum Gasteiger partial charge on any atom is -0.447 e. The summed E-state index contributed by atoms with van der Waals surface area (Å²) in [6.07, 6.45) is 0.740. The predicted octanol–water partition coefficient (Wildman–Crippen LogP) is 2.83. The Morgan fingerprint density at radius 3 is 2.69 bits per heavy atom. The Labute approximate surface area is 203 Å². The molecule has 0 unspecified atom stereocenters. The molecule has 4 heterocycles. The number of cyclic esters (lactones) is 1. The fourth-order valence-electron chi connectivity index (χ4n) is 4.36. The number of hydrogen-bond acceptors (Lipinski definition) is 8. The van der Waals surface area contributed by atoms with Crippen molar-refractivity contribution in [3.8, 4) is 0 Å². The van der Waals surface area contributed by atoms with Gasteiger partial charge in [0.1, 0.15) is 30.7 Å². The van der Waals surface area contributed by atoms with Gasteiger partial charge in [-0.05, 0) is 44.9 Å². The van der Waals surface area contributed by atoms with E-state index < -0.39 is 12.2 Å². The van der Waals surface area contributed by atoms with E-state index in [0.29, 0.717) is 40.9 Å². The lowest BCUT2D eigenvalue weighted by Gasteiger charge is -2.23. The second kappa shape index (κ2) is 8.40. The molecule has 0 aromatic carbocycles. The number of rotatable bonds is 6. The molecule has 1 saturated heterocycles. The van der Waals surface area contributed by atoms with Crippen LogP contribution in [0.5, 0.6) is 0 Å². The summed E-state index contributed by atoms with van der Waals surface area (Å²) >= 11 is 0. The third kappa shape index (κ3) is 3.90. The number of amides is 3. The van der Waals surface area contributed by atoms with Crippen LogP contribution in [-0.4, -0.2) is 60.3 Å². The van der Waals surface area contributed by atoms with Gasteiger partial charge in [-0.2, -0.15) is 0 Å². The van der Waals surface area contributed by atoms with Gasteiger partial charge in [0, 0.05) is 25.7 Å². The summed E-state index contributed by atoms with van der Waals surface area (Å²) in [7, 11) is 3.38. The number of hydrogen-bond donors (Lipinski definition) is 1. The molecular weight excluding hydrogens is 452 g/mol. The maximum Gasteiger partial charge on any atom is 0.416 e. The highest BCUT2D eigenvalue weighted by Crippen LogP contribution is 2.48. The first kappa shape index (κ1) is 22.9. The van der Waals surface area contributed by atoms with E-state index in [1.54, 1.807) is 34.1 Å². The van der Waals surface area contributed by atoms with Gasteiger partial charge in [-0.15, -0.1) is 0 Å². The lowest BCUT2D eigenvalue weighted by atomic mass is 10.1. The van der Waals surface area contributed by atoms with Crippen molar-refractivity contribution in [3.63, 3.8) is 0 Å². The van der Waals surface area contributed by atoms with Crippen LogP contribution < -0.4 is 20.0 Å². The van der Waals surface area contributed by atoms with Gasteiger partial charge >= 0.3 is 12.2 Å². The number of aromatic nitrogens is 2. The molecule has 2 aromatic heterocycles. The minimum atomic E-state index is -0.579. The van der Waals surface area contributed by atoms with E-state index in [1.807, 2.05) is 25.8 Å². The second-order valence-corrected chi connectivity index (χ2v) is 9.34. The number of ether oxygens (including phenoxy) is 2. The number of carbonyl (C=O) groups is 3. The highest BCUT2D eigenvalue weighted by Gasteiger charge is 2.57. The van der Waals surface area contributed by atoms with Crippen molar-refractivity contribution in [1.29, 1.82) is 0 Å². The molecule has 0 atom stereocenters. The zero-order valence-corrected chi connectivity index (χ0v) is 20.2. The van der Waals surface area contributed by atoms with E-state index in [9.17, 15) is 14.4 Å². The molecule has 11 nitrogen and oxygen atoms in total. The quantitative estimate of drug-likeness (QED) is 0.671. The maximum atomic E-state index is 13.5. The molecule has 2 fully saturated rings. The molecule has 3 amide bonds. The normalized spacial score (nSPS) is 17.6. The number of fused-ring (bicyclic) bond motifs is 1. The number of carbonyl (C=O) groups excluding carboxylic acids is 3. The molecule has 5 rings (SSSR count). The maximum absolute atomic E-state index is 13.5. The van der Waals surface area contributed by atoms with Crippen LogP contribution in [0.1, 0.15) is 48.3 Å². The van der Waals surface area contributed by atoms with Gasteiger partial charge in [0.2, 0.25) is 0 Å². The summed E-state index contributed by atoms with van der Waals surface area (Å²) in [6, 6.07) is 7.19. The zero-order valence-electron chi connectivity index (χ0n) is 20.2. The van der Waals surface area contributed by atoms with Gasteiger partial charge in [-0.1, -0.05) is 6.07 Å². The standard InChI is InChI=1S/C24H28N6O5/c1-14(2)28(4)20-10-15-16(17(26-20)12-34-22(32)25-3)11-29(21(15)31)18-6-5-7-19(27-18)30-23(33)35-13-24(30)8-9-24/h5-7,10,14H,8-9,11-13H2,1-4H3,(H,25,32). The van der Waals surface area contributed by atoms with E-state index in [4.69, 9.17) is 14.5 Å². The fourth-order valence-corrected chi connectivity index (χ4v) is 4.36. The Bertz CT molecular complexity index is 1210. The molecule has 1 aliphatic carbocycles. The van der Waals surface area contributed by atoms with E-state index in [1.165, 1.54) is 7.05 Å². The highest BCUT2D eigenvalue weighted by atomic mass is 16.6. The summed E-state index contributed by atoms with van der Waals surface area (Å²) in [5.41, 5.74) is 1.38. The third-order valence-electron chi connectivity index (χ3n) is 6.84. The number of nitrogens with one attached hydrogen (secondary N) is 1. The topological polar surface area (TPSA) is 117 Å². The first-order chi connectivity index (χ1) is 16.7. The summed E-state index contributed by atoms with van der Waals surface area (Å²) in [5, 5.41) is 2.42. The van der Waals surface area contributed by atoms with E-state index in [0.717, 1.165) is 12.8 Å². The van der Waals surface area contributed by atoms with Crippen LogP contribution in [0.15, 0.2) is 24.3 Å². The average molecular weight is 481 g/mol. The Balaban J connectivity index is 1.49. The number of alkyl carbamates (subject to hydrolysis) is 1. The third-order valence-corrected chi connectivity index (χ3v) is 6.84. The molecule has 184 valence electrons. The predicted molar refractivity (Wildman–Crippen MR) is 128 cm³/mol. The Morgan fingerprint density at radius 2 is 2.00 bits per heavy atom. The lowest BCUT2D eigenvalue weighted by Crippen LogP contribution is -2.36. The molecule has 2 aliphatic heterocycles. The van der Waals surface area contributed by atoms with E-state index in [-0.39, 0.29) is 30.6 Å². The van der Waals surface area contributed by atoms with Gasteiger partial charge < -0.3 is 19.7 Å². The van der Waals surface area contributed by atoms with Crippen LogP contribution in [0, 0.1) is 0 Å². The van der Waals surface area contributed by atoms with Crippen molar-refractivity contribution in [1.82, 2.24) is 15.3 Å². The average Bonchev–Trinajstić information content (AvgIpc) is 3.45. The first-order valence-corrected chi connectivity index (χ1v) is 11.6. The molecule has 1 saturated carbocycles. The second-order valence-electron chi connectivity index (χ2n) is 9.34. The molecule has 2 aromatic rings. The molecule has 0 bridgehead atoms. The van der Waals surface area contributed by atoms with E-state index >= 15 is 0 Å². The molecule has 1 spiro atoms. The lowest BCUT2D eigenvalue weighted by molar-refractivity contribution is 0.0996. The van der Waals surface area contributed by atoms with Crippen LogP contribution in [0.4, 0.5) is 27.0 Å². The molecule has 3 aliphatic rings. The summed E-state index contributed by atoms with van der Waals surface area (Å²) in [4.78, 5) is 52.1. The largest absolute Gasteiger partial charge is 0.447 e. The van der Waals surface area contributed by atoms with Crippen molar-refractivity contribution in [3.05, 3.63) is 41.1 Å². The van der Waals surface area contributed by atoms with Gasteiger partial charge in [0.15, 0.2) is 0 Å². The van der Waals surface area contributed by atoms with Gasteiger partial charge in [0.05, 0.1) is 23.3 Å². The van der Waals surface area contributed by atoms with Crippen molar-refractivity contribution in [2.75, 3.05) is 35.4 Å². The van der Waals surface area contributed by atoms with E-state index in [2.05, 4.69) is 10.3 Å². The first-order valence-electron chi connectivity index (χ1n) is 11.6. The minimum absolute atomic E-state index is 0.0709. The van der Waals surface area contributed by atoms with Crippen LogP contribution in [0.25, 0.3) is 0 Å². The monoisotopic (exact) mass is 480 g/mol. The SMILES string of the molecule is CNC(=O)OCc1nc(N(C)C(C)C)cc2c1CN(c1cccc(N3C(=O)OCC34CC4)n1)C2=O. The van der Waals surface area contributed by atoms with Crippen LogP contribution >= 0.6 is 0 Å². The van der Waals surface area contributed by atoms with Crippen molar-refractivity contribution < 1.29 is 23.9 Å². The van der Waals surface area contributed by atoms with Gasteiger partial charge in [-0.3, -0.25) is 14.6 Å². The fraction of sp³-hybridized carbons (Fsp3) is 0.458. The van der Waals surface area contributed by atoms with Crippen molar-refractivity contribution >= 4 is 35.5 Å². The van der Waals surface area contributed by atoms with Gasteiger partial charge in [-0.25, -0.2) is 19.6 Å². The van der Waals surface area contributed by atoms with Crippen molar-refractivity contribution in [2.45, 2.75) is 51.4 Å². The van der Waals surface area contributed by atoms with Crippen molar-refractivity contribution in [2.24, 2.45) is 0 Å². The van der Waals surface area contributed by atoms with Crippen LogP contribution in [0.2, 0.25) is 0 Å². The Hall–Kier alpha value is -3.89. The highest BCUT2D eigenvalue weighted by molar-refractivity contribution is 6.10. The summed E-state index contributed by atoms with van der Waals surface area (Å²) in [6.45, 7) is 4.56. The zero-order chi connectivity index (χ0) is 24.9. The molecule has 35 heavy (non-hydrogen) atoms. The number of pyridine rings is 2. The Morgan fingerprint density at radius 1 is 1.26 bits per heavy atom. The summed E-state index contributed by atoms with van der Waals surface area (Å²) < 4.78 is 10.5. The Kier molecular flexibility index (Phi) is 5.49. The van der Waals surface area contributed by atoms with Gasteiger partial charge in [0.25, 0.3) is 5.91 Å². The number of anilines is 3. The molecular formula is C24H28N6O5. The number of nitrogens with zero attached hydrogens (tertiary/aromatic N) is 5. The summed E-state index contributed by atoms with van der Waals surface area (Å²) in [5.74, 6) is 1.28. The molecule has 11 heteroatoms. The van der Waals surface area contributed by atoms with Crippen LogP contribution in [0.3, 0.4) is 0 Å². The molecule has 1 N–H and O–H groups in total.